The van der Waals surface area contributed by atoms with Gasteiger partial charge in [0.15, 0.2) is 0 Å². The van der Waals surface area contributed by atoms with Gasteiger partial charge in [-0.2, -0.15) is 12.6 Å². The maximum atomic E-state index is 11.7. The molecular weight excluding hydrogens is 262 g/mol. The van der Waals surface area contributed by atoms with Crippen LogP contribution in [0.2, 0.25) is 0 Å². The third-order valence-corrected chi connectivity index (χ3v) is 2.43. The Morgan fingerprint density at radius 1 is 1.33 bits per heavy atom. The summed E-state index contributed by atoms with van der Waals surface area (Å²) in [5, 5.41) is 22.4. The first kappa shape index (κ1) is 16.7. The lowest BCUT2D eigenvalue weighted by atomic mass is 10.1. The van der Waals surface area contributed by atoms with E-state index < -0.39 is 36.0 Å². The fraction of sp³-hybridized carbons (Fsp3) is 0.667. The van der Waals surface area contributed by atoms with Crippen molar-refractivity contribution in [3.05, 3.63) is 0 Å². The highest BCUT2D eigenvalue weighted by molar-refractivity contribution is 7.80. The van der Waals surface area contributed by atoms with E-state index in [2.05, 4.69) is 23.3 Å². The van der Waals surface area contributed by atoms with Gasteiger partial charge >= 0.3 is 5.97 Å². The van der Waals surface area contributed by atoms with E-state index >= 15 is 0 Å². The van der Waals surface area contributed by atoms with Crippen LogP contribution in [-0.2, 0) is 14.4 Å². The minimum absolute atomic E-state index is 0.113. The number of nitrogens with two attached hydrogens (primary N) is 1. The van der Waals surface area contributed by atoms with E-state index in [4.69, 9.17) is 10.8 Å². The summed E-state index contributed by atoms with van der Waals surface area (Å²) in [6.07, 6.45) is -1.19. The molecule has 0 aromatic rings. The van der Waals surface area contributed by atoms with E-state index in [0.717, 1.165) is 0 Å². The number of aliphatic hydroxyl groups is 1. The smallest absolute Gasteiger partial charge is 0.327 e. The summed E-state index contributed by atoms with van der Waals surface area (Å²) in [5.74, 6) is -2.81. The number of carbonyl (C=O) groups excluding carboxylic acids is 2. The second-order valence-electron chi connectivity index (χ2n) is 3.57. The molecule has 6 N–H and O–H groups in total. The van der Waals surface area contributed by atoms with Crippen molar-refractivity contribution in [2.24, 2.45) is 5.73 Å². The average molecular weight is 279 g/mol. The number of hydrogen-bond donors (Lipinski definition) is 6. The summed E-state index contributed by atoms with van der Waals surface area (Å²) in [4.78, 5) is 33.5. The Bertz CT molecular complexity index is 323. The van der Waals surface area contributed by atoms with Gasteiger partial charge in [-0.25, -0.2) is 4.79 Å². The SMILES string of the molecule is C[C@@H](O)[C@H](NC(=O)CN)C(=O)N[C@@H](CS)C(=O)O. The minimum Gasteiger partial charge on any atom is -0.480 e. The first-order chi connectivity index (χ1) is 8.33. The molecule has 8 nitrogen and oxygen atoms in total. The number of carbonyl (C=O) groups is 3. The van der Waals surface area contributed by atoms with Crippen molar-refractivity contribution in [1.29, 1.82) is 0 Å². The lowest BCUT2D eigenvalue weighted by molar-refractivity contribution is -0.142. The molecule has 2 amide bonds. The molecule has 0 aliphatic carbocycles. The van der Waals surface area contributed by atoms with E-state index in [1.165, 1.54) is 6.92 Å². The van der Waals surface area contributed by atoms with Crippen LogP contribution in [0.15, 0.2) is 0 Å². The van der Waals surface area contributed by atoms with Crippen molar-refractivity contribution in [3.8, 4) is 0 Å². The van der Waals surface area contributed by atoms with Crippen molar-refractivity contribution in [3.63, 3.8) is 0 Å². The standard InChI is InChI=1S/C9H17N3O5S/c1-4(13)7(12-6(14)2-10)8(15)11-5(3-18)9(16)17/h4-5,7,13,18H,2-3,10H2,1H3,(H,11,15)(H,12,14)(H,16,17)/t4-,5+,7+/m1/s1. The van der Waals surface area contributed by atoms with Gasteiger partial charge in [0.05, 0.1) is 12.6 Å². The number of aliphatic hydroxyl groups excluding tert-OH is 1. The zero-order valence-corrected chi connectivity index (χ0v) is 10.7. The molecule has 0 spiro atoms. The van der Waals surface area contributed by atoms with Crippen molar-refractivity contribution < 1.29 is 24.6 Å². The number of carboxylic acid groups (broad SMARTS) is 1. The third-order valence-electron chi connectivity index (χ3n) is 2.06. The van der Waals surface area contributed by atoms with Crippen LogP contribution < -0.4 is 16.4 Å². The Kier molecular flexibility index (Phi) is 7.32. The van der Waals surface area contributed by atoms with Crippen LogP contribution in [0.3, 0.4) is 0 Å². The predicted molar refractivity (Wildman–Crippen MR) is 66.1 cm³/mol. The van der Waals surface area contributed by atoms with Gasteiger partial charge in [0.2, 0.25) is 11.8 Å². The molecule has 0 heterocycles. The van der Waals surface area contributed by atoms with Crippen molar-refractivity contribution in [1.82, 2.24) is 10.6 Å². The van der Waals surface area contributed by atoms with E-state index in [9.17, 15) is 19.5 Å². The molecule has 0 bridgehead atoms. The molecule has 0 rings (SSSR count). The van der Waals surface area contributed by atoms with Crippen LogP contribution in [0.25, 0.3) is 0 Å². The van der Waals surface area contributed by atoms with Crippen molar-refractivity contribution >= 4 is 30.4 Å². The van der Waals surface area contributed by atoms with Gasteiger partial charge in [-0.15, -0.1) is 0 Å². The van der Waals surface area contributed by atoms with E-state index in [1.807, 2.05) is 0 Å². The Morgan fingerprint density at radius 2 is 1.89 bits per heavy atom. The molecule has 0 aliphatic rings. The Hall–Kier alpha value is -1.32. The average Bonchev–Trinajstić information content (AvgIpc) is 2.31. The summed E-state index contributed by atoms with van der Waals surface area (Å²) >= 11 is 3.77. The summed E-state index contributed by atoms with van der Waals surface area (Å²) < 4.78 is 0. The Morgan fingerprint density at radius 3 is 2.22 bits per heavy atom. The van der Waals surface area contributed by atoms with Crippen molar-refractivity contribution in [2.75, 3.05) is 12.3 Å². The van der Waals surface area contributed by atoms with Crippen LogP contribution in [0.5, 0.6) is 0 Å². The monoisotopic (exact) mass is 279 g/mol. The van der Waals surface area contributed by atoms with Gasteiger partial charge in [-0.05, 0) is 6.92 Å². The van der Waals surface area contributed by atoms with E-state index in [1.54, 1.807) is 0 Å². The van der Waals surface area contributed by atoms with Gasteiger partial charge in [-0.1, -0.05) is 0 Å². The summed E-state index contributed by atoms with van der Waals surface area (Å²) in [6, 6.07) is -2.46. The molecule has 3 atom stereocenters. The molecule has 0 aromatic carbocycles. The number of aliphatic carboxylic acids is 1. The maximum absolute atomic E-state index is 11.7. The molecule has 0 fully saturated rings. The van der Waals surface area contributed by atoms with E-state index in [0.29, 0.717) is 0 Å². The number of thiol groups is 1. The third kappa shape index (κ3) is 5.34. The molecule has 9 heteroatoms. The minimum atomic E-state index is -1.26. The normalized spacial score (nSPS) is 15.3. The lowest BCUT2D eigenvalue weighted by Crippen LogP contribution is -2.56. The van der Waals surface area contributed by atoms with Crippen LogP contribution in [0.4, 0.5) is 0 Å². The Balaban J connectivity index is 4.66. The number of amides is 2. The summed E-state index contributed by atoms with van der Waals surface area (Å²) in [5.41, 5.74) is 5.06. The molecule has 0 unspecified atom stereocenters. The van der Waals surface area contributed by atoms with Gasteiger partial charge < -0.3 is 26.6 Å². The molecule has 104 valence electrons. The van der Waals surface area contributed by atoms with E-state index in [-0.39, 0.29) is 12.3 Å². The highest BCUT2D eigenvalue weighted by Gasteiger charge is 2.28. The predicted octanol–water partition coefficient (Wildman–Crippen LogP) is -2.69. The molecule has 18 heavy (non-hydrogen) atoms. The lowest BCUT2D eigenvalue weighted by Gasteiger charge is -2.22. The second-order valence-corrected chi connectivity index (χ2v) is 3.94. The van der Waals surface area contributed by atoms with Gasteiger partial charge in [0.1, 0.15) is 12.1 Å². The topological polar surface area (TPSA) is 142 Å². The number of nitrogens with one attached hydrogen (secondary N) is 2. The largest absolute Gasteiger partial charge is 0.480 e. The van der Waals surface area contributed by atoms with Gasteiger partial charge in [-0.3, -0.25) is 9.59 Å². The summed E-state index contributed by atoms with van der Waals surface area (Å²) in [7, 11) is 0. The van der Waals surface area contributed by atoms with Crippen LogP contribution in [0.1, 0.15) is 6.92 Å². The zero-order valence-electron chi connectivity index (χ0n) is 9.79. The number of carboxylic acids is 1. The highest BCUT2D eigenvalue weighted by atomic mass is 32.1. The maximum Gasteiger partial charge on any atom is 0.327 e. The highest BCUT2D eigenvalue weighted by Crippen LogP contribution is 1.96. The molecule has 0 radical (unpaired) electrons. The first-order valence-corrected chi connectivity index (χ1v) is 5.78. The molecule has 0 aliphatic heterocycles. The first-order valence-electron chi connectivity index (χ1n) is 5.15. The van der Waals surface area contributed by atoms with Crippen LogP contribution in [-0.4, -0.2) is 58.5 Å². The summed E-state index contributed by atoms with van der Waals surface area (Å²) in [6.45, 7) is 0.947. The molecule has 0 aromatic heterocycles. The Labute approximate surface area is 109 Å². The van der Waals surface area contributed by atoms with Crippen LogP contribution in [0, 0.1) is 0 Å². The molecule has 0 saturated carbocycles. The van der Waals surface area contributed by atoms with Crippen LogP contribution >= 0.6 is 12.6 Å². The van der Waals surface area contributed by atoms with Gasteiger partial charge in [0, 0.05) is 5.75 Å². The fourth-order valence-electron chi connectivity index (χ4n) is 1.08. The molecule has 0 saturated heterocycles. The zero-order chi connectivity index (χ0) is 14.3. The number of hydrogen-bond acceptors (Lipinski definition) is 6. The fourth-order valence-corrected chi connectivity index (χ4v) is 1.33. The quantitative estimate of drug-likeness (QED) is 0.280. The number of rotatable bonds is 7. The molecular formula is C9H17N3O5S. The second kappa shape index (κ2) is 7.90. The van der Waals surface area contributed by atoms with Crippen molar-refractivity contribution in [2.45, 2.75) is 25.1 Å². The van der Waals surface area contributed by atoms with Gasteiger partial charge in [0.25, 0.3) is 0 Å².